The van der Waals surface area contributed by atoms with E-state index < -0.39 is 0 Å². The minimum Gasteiger partial charge on any atom is -0.492 e. The van der Waals surface area contributed by atoms with E-state index in [1.54, 1.807) is 0 Å². The molecule has 0 atom stereocenters. The average molecular weight is 301 g/mol. The quantitative estimate of drug-likeness (QED) is 0.799. The number of amides is 1. The van der Waals surface area contributed by atoms with Crippen molar-refractivity contribution in [2.45, 2.75) is 33.7 Å². The van der Waals surface area contributed by atoms with E-state index in [-0.39, 0.29) is 5.91 Å². The number of hydrogen-bond acceptors (Lipinski definition) is 3. The summed E-state index contributed by atoms with van der Waals surface area (Å²) in [6, 6.07) is 9.87. The molecule has 1 heterocycles. The highest BCUT2D eigenvalue weighted by Crippen LogP contribution is 2.10. The summed E-state index contributed by atoms with van der Waals surface area (Å²) in [7, 11) is 0. The second kappa shape index (κ2) is 7.64. The second-order valence-corrected chi connectivity index (χ2v) is 5.41. The van der Waals surface area contributed by atoms with Gasteiger partial charge in [-0.1, -0.05) is 17.7 Å². The number of nitrogens with zero attached hydrogens (tertiary/aromatic N) is 2. The molecule has 2 aromatic rings. The maximum Gasteiger partial charge on any atom is 0.221 e. The zero-order valence-electron chi connectivity index (χ0n) is 13.4. The van der Waals surface area contributed by atoms with E-state index in [9.17, 15) is 4.79 Å². The molecule has 0 aliphatic carbocycles. The SMILES string of the molecule is Cc1ccc(OCCNC(=O)CCn2nc(C)cc2C)cc1. The van der Waals surface area contributed by atoms with Crippen LogP contribution >= 0.6 is 0 Å². The summed E-state index contributed by atoms with van der Waals surface area (Å²) in [4.78, 5) is 11.8. The van der Waals surface area contributed by atoms with Gasteiger partial charge in [0.1, 0.15) is 12.4 Å². The molecule has 1 aromatic heterocycles. The predicted octanol–water partition coefficient (Wildman–Crippen LogP) is 2.39. The smallest absolute Gasteiger partial charge is 0.221 e. The third-order valence-electron chi connectivity index (χ3n) is 3.37. The molecule has 1 aromatic carbocycles. The van der Waals surface area contributed by atoms with Crippen molar-refractivity contribution in [1.29, 1.82) is 0 Å². The van der Waals surface area contributed by atoms with Crippen LogP contribution < -0.4 is 10.1 Å². The highest BCUT2D eigenvalue weighted by atomic mass is 16.5. The molecule has 2 rings (SSSR count). The zero-order chi connectivity index (χ0) is 15.9. The number of carbonyl (C=O) groups is 1. The van der Waals surface area contributed by atoms with Gasteiger partial charge in [-0.25, -0.2) is 0 Å². The number of aromatic nitrogens is 2. The van der Waals surface area contributed by atoms with Gasteiger partial charge in [-0.05, 0) is 39.0 Å². The van der Waals surface area contributed by atoms with Crippen molar-refractivity contribution in [2.24, 2.45) is 0 Å². The first-order valence-corrected chi connectivity index (χ1v) is 7.52. The molecule has 0 spiro atoms. The lowest BCUT2D eigenvalue weighted by atomic mass is 10.2. The number of benzene rings is 1. The lowest BCUT2D eigenvalue weighted by Crippen LogP contribution is -2.29. The van der Waals surface area contributed by atoms with Crippen LogP contribution in [-0.2, 0) is 11.3 Å². The zero-order valence-corrected chi connectivity index (χ0v) is 13.4. The van der Waals surface area contributed by atoms with Gasteiger partial charge in [-0.3, -0.25) is 9.48 Å². The van der Waals surface area contributed by atoms with E-state index in [0.29, 0.717) is 26.1 Å². The lowest BCUT2D eigenvalue weighted by Gasteiger charge is -2.08. The van der Waals surface area contributed by atoms with Gasteiger partial charge in [0.2, 0.25) is 5.91 Å². The maximum absolute atomic E-state index is 11.8. The third kappa shape index (κ3) is 4.91. The van der Waals surface area contributed by atoms with Gasteiger partial charge in [-0.15, -0.1) is 0 Å². The molecule has 118 valence electrons. The number of nitrogens with one attached hydrogen (secondary N) is 1. The minimum absolute atomic E-state index is 0.0139. The maximum atomic E-state index is 11.8. The molecule has 1 amide bonds. The standard InChI is InChI=1S/C17H23N3O2/c1-13-4-6-16(7-5-13)22-11-9-18-17(21)8-10-20-15(3)12-14(2)19-20/h4-7,12H,8-11H2,1-3H3,(H,18,21). The predicted molar refractivity (Wildman–Crippen MR) is 86.0 cm³/mol. The summed E-state index contributed by atoms with van der Waals surface area (Å²) < 4.78 is 7.42. The van der Waals surface area contributed by atoms with Crippen LogP contribution in [0.4, 0.5) is 0 Å². The first kappa shape index (κ1) is 16.1. The molecule has 0 unspecified atom stereocenters. The third-order valence-corrected chi connectivity index (χ3v) is 3.37. The van der Waals surface area contributed by atoms with Gasteiger partial charge in [0.15, 0.2) is 0 Å². The molecule has 0 aliphatic heterocycles. The van der Waals surface area contributed by atoms with Gasteiger partial charge in [0, 0.05) is 18.7 Å². The van der Waals surface area contributed by atoms with Crippen molar-refractivity contribution in [3.63, 3.8) is 0 Å². The highest BCUT2D eigenvalue weighted by Gasteiger charge is 2.05. The van der Waals surface area contributed by atoms with E-state index in [2.05, 4.69) is 10.4 Å². The van der Waals surface area contributed by atoms with Crippen LogP contribution in [0.1, 0.15) is 23.4 Å². The van der Waals surface area contributed by atoms with Gasteiger partial charge in [0.05, 0.1) is 12.2 Å². The van der Waals surface area contributed by atoms with Crippen molar-refractivity contribution >= 4 is 5.91 Å². The molecule has 5 heteroatoms. The fraction of sp³-hybridized carbons (Fsp3) is 0.412. The van der Waals surface area contributed by atoms with Crippen LogP contribution in [0.3, 0.4) is 0 Å². The van der Waals surface area contributed by atoms with E-state index >= 15 is 0 Å². The molecule has 1 N–H and O–H groups in total. The first-order chi connectivity index (χ1) is 10.5. The molecule has 0 saturated carbocycles. The Balaban J connectivity index is 1.63. The largest absolute Gasteiger partial charge is 0.492 e. The minimum atomic E-state index is 0.0139. The Morgan fingerprint density at radius 2 is 1.95 bits per heavy atom. The number of rotatable bonds is 7. The molecule has 22 heavy (non-hydrogen) atoms. The molecule has 0 radical (unpaired) electrons. The topological polar surface area (TPSA) is 56.1 Å². The fourth-order valence-electron chi connectivity index (χ4n) is 2.19. The molecular formula is C17H23N3O2. The first-order valence-electron chi connectivity index (χ1n) is 7.52. The van der Waals surface area contributed by atoms with Crippen LogP contribution in [0.5, 0.6) is 5.75 Å². The van der Waals surface area contributed by atoms with Crippen molar-refractivity contribution in [3.05, 3.63) is 47.3 Å². The molecule has 0 aliphatic rings. The Bertz CT molecular complexity index is 617. The normalized spacial score (nSPS) is 10.5. The Kier molecular flexibility index (Phi) is 5.58. The van der Waals surface area contributed by atoms with Crippen LogP contribution in [0, 0.1) is 20.8 Å². The van der Waals surface area contributed by atoms with Gasteiger partial charge in [-0.2, -0.15) is 5.10 Å². The fourth-order valence-corrected chi connectivity index (χ4v) is 2.19. The second-order valence-electron chi connectivity index (χ2n) is 5.41. The Labute approximate surface area is 131 Å². The van der Waals surface area contributed by atoms with Crippen LogP contribution in [0.15, 0.2) is 30.3 Å². The van der Waals surface area contributed by atoms with E-state index in [1.165, 1.54) is 5.56 Å². The molecule has 0 saturated heterocycles. The number of carbonyl (C=O) groups excluding carboxylic acids is 1. The molecular weight excluding hydrogens is 278 g/mol. The van der Waals surface area contributed by atoms with Crippen LogP contribution in [-0.4, -0.2) is 28.8 Å². The number of ether oxygens (including phenoxy) is 1. The molecule has 0 fully saturated rings. The summed E-state index contributed by atoms with van der Waals surface area (Å²) >= 11 is 0. The van der Waals surface area contributed by atoms with Crippen LogP contribution in [0.25, 0.3) is 0 Å². The summed E-state index contributed by atoms with van der Waals surface area (Å²) in [6.07, 6.45) is 0.423. The van der Waals surface area contributed by atoms with Gasteiger partial charge in [0.25, 0.3) is 0 Å². The summed E-state index contributed by atoms with van der Waals surface area (Å²) in [5.41, 5.74) is 3.25. The van der Waals surface area contributed by atoms with E-state index in [4.69, 9.17) is 4.74 Å². The van der Waals surface area contributed by atoms with E-state index in [1.807, 2.05) is 55.8 Å². The summed E-state index contributed by atoms with van der Waals surface area (Å²) in [5.74, 6) is 0.836. The average Bonchev–Trinajstić information content (AvgIpc) is 2.81. The van der Waals surface area contributed by atoms with Crippen molar-refractivity contribution < 1.29 is 9.53 Å². The highest BCUT2D eigenvalue weighted by molar-refractivity contribution is 5.75. The van der Waals surface area contributed by atoms with Crippen molar-refractivity contribution in [2.75, 3.05) is 13.2 Å². The Morgan fingerprint density at radius 1 is 1.23 bits per heavy atom. The van der Waals surface area contributed by atoms with Crippen molar-refractivity contribution in [3.8, 4) is 5.75 Å². The monoisotopic (exact) mass is 301 g/mol. The lowest BCUT2D eigenvalue weighted by molar-refractivity contribution is -0.121. The molecule has 0 bridgehead atoms. The Hall–Kier alpha value is -2.30. The summed E-state index contributed by atoms with van der Waals surface area (Å²) in [5, 5.41) is 7.19. The van der Waals surface area contributed by atoms with Gasteiger partial charge < -0.3 is 10.1 Å². The van der Waals surface area contributed by atoms with E-state index in [0.717, 1.165) is 17.1 Å². The van der Waals surface area contributed by atoms with Gasteiger partial charge >= 0.3 is 0 Å². The number of aryl methyl sites for hydroxylation is 4. The Morgan fingerprint density at radius 3 is 2.59 bits per heavy atom. The van der Waals surface area contributed by atoms with Crippen molar-refractivity contribution in [1.82, 2.24) is 15.1 Å². The number of hydrogen-bond donors (Lipinski definition) is 1. The van der Waals surface area contributed by atoms with Crippen LogP contribution in [0.2, 0.25) is 0 Å². The summed E-state index contributed by atoms with van der Waals surface area (Å²) in [6.45, 7) is 7.55. The molecule has 5 nitrogen and oxygen atoms in total.